The Morgan fingerprint density at radius 1 is 1.31 bits per heavy atom. The summed E-state index contributed by atoms with van der Waals surface area (Å²) in [4.78, 5) is 23.7. The molecule has 0 bridgehead atoms. The van der Waals surface area contributed by atoms with Crippen LogP contribution in [0.4, 0.5) is 0 Å². The van der Waals surface area contributed by atoms with Gasteiger partial charge in [0.25, 0.3) is 0 Å². The molecule has 2 aliphatic carbocycles. The second-order valence-electron chi connectivity index (χ2n) is 9.25. The zero-order valence-electron chi connectivity index (χ0n) is 18.2. The zero-order valence-corrected chi connectivity index (χ0v) is 18.2. The van der Waals surface area contributed by atoms with Gasteiger partial charge in [-0.15, -0.1) is 0 Å². The summed E-state index contributed by atoms with van der Waals surface area (Å²) in [6, 6.07) is 1.98. The Morgan fingerprint density at radius 3 is 2.69 bits per heavy atom. The van der Waals surface area contributed by atoms with Crippen LogP contribution in [-0.2, 0) is 25.5 Å². The van der Waals surface area contributed by atoms with Crippen LogP contribution in [-0.4, -0.2) is 24.6 Å². The van der Waals surface area contributed by atoms with E-state index in [9.17, 15) is 9.59 Å². The molecule has 1 aromatic rings. The molecule has 5 heteroatoms. The lowest BCUT2D eigenvalue weighted by Crippen LogP contribution is -2.59. The molecule has 0 aliphatic heterocycles. The van der Waals surface area contributed by atoms with Gasteiger partial charge in [0.2, 0.25) is 0 Å². The van der Waals surface area contributed by atoms with Gasteiger partial charge in [0.05, 0.1) is 19.1 Å². The molecule has 160 valence electrons. The standard InChI is InChI=1S/C24H34O5/c1-16-7-6-8-22-23(16,5)13-21(29-19(4)26)17(2)24(22,15-28-18(3)25)11-9-20-10-12-27-14-20/h10,12,14,17,21-22H,1,6-9,11,13,15H2,2-5H3/t17-,21+,22+,23+,24-/m0/s1. The van der Waals surface area contributed by atoms with Crippen LogP contribution in [0.3, 0.4) is 0 Å². The van der Waals surface area contributed by atoms with Gasteiger partial charge in [-0.1, -0.05) is 26.0 Å². The molecule has 0 unspecified atom stereocenters. The van der Waals surface area contributed by atoms with Crippen molar-refractivity contribution in [1.29, 1.82) is 0 Å². The molecule has 2 fully saturated rings. The number of rotatable bonds is 6. The molecule has 1 aromatic heterocycles. The first-order valence-corrected chi connectivity index (χ1v) is 10.7. The molecule has 0 N–H and O–H groups in total. The van der Waals surface area contributed by atoms with Gasteiger partial charge >= 0.3 is 11.9 Å². The number of carbonyl (C=O) groups is 2. The summed E-state index contributed by atoms with van der Waals surface area (Å²) in [6.45, 7) is 12.1. The van der Waals surface area contributed by atoms with Crippen molar-refractivity contribution in [3.63, 3.8) is 0 Å². The molecule has 0 saturated heterocycles. The third-order valence-corrected chi connectivity index (χ3v) is 7.65. The summed E-state index contributed by atoms with van der Waals surface area (Å²) < 4.78 is 16.8. The van der Waals surface area contributed by atoms with Gasteiger partial charge in [-0.25, -0.2) is 0 Å². The number of hydrogen-bond donors (Lipinski definition) is 0. The number of hydrogen-bond acceptors (Lipinski definition) is 5. The molecule has 0 aromatic carbocycles. The van der Waals surface area contributed by atoms with E-state index in [4.69, 9.17) is 13.9 Å². The van der Waals surface area contributed by atoms with Gasteiger partial charge in [-0.2, -0.15) is 0 Å². The Hall–Kier alpha value is -2.04. The van der Waals surface area contributed by atoms with Crippen molar-refractivity contribution in [3.05, 3.63) is 36.3 Å². The number of fused-ring (bicyclic) bond motifs is 1. The van der Waals surface area contributed by atoms with Crippen molar-refractivity contribution in [3.8, 4) is 0 Å². The molecular formula is C24H34O5. The Labute approximate surface area is 173 Å². The summed E-state index contributed by atoms with van der Waals surface area (Å²) >= 11 is 0. The zero-order chi connectivity index (χ0) is 21.2. The topological polar surface area (TPSA) is 65.7 Å². The Bertz CT molecular complexity index is 751. The van der Waals surface area contributed by atoms with Crippen LogP contribution < -0.4 is 0 Å². The summed E-state index contributed by atoms with van der Waals surface area (Å²) in [7, 11) is 0. The van der Waals surface area contributed by atoms with E-state index < -0.39 is 0 Å². The number of esters is 2. The average Bonchev–Trinajstić information content (AvgIpc) is 3.16. The van der Waals surface area contributed by atoms with Crippen molar-refractivity contribution >= 4 is 11.9 Å². The fourth-order valence-corrected chi connectivity index (χ4v) is 5.97. The van der Waals surface area contributed by atoms with Crippen LogP contribution in [0.2, 0.25) is 0 Å². The highest BCUT2D eigenvalue weighted by Gasteiger charge is 2.60. The third kappa shape index (κ3) is 4.15. The highest BCUT2D eigenvalue weighted by Crippen LogP contribution is 2.63. The second kappa shape index (κ2) is 8.37. The van der Waals surface area contributed by atoms with Crippen LogP contribution in [0, 0.1) is 22.7 Å². The van der Waals surface area contributed by atoms with Crippen molar-refractivity contribution in [2.24, 2.45) is 22.7 Å². The molecule has 2 aliphatic rings. The van der Waals surface area contributed by atoms with Gasteiger partial charge in [-0.3, -0.25) is 9.59 Å². The number of ether oxygens (including phenoxy) is 2. The summed E-state index contributed by atoms with van der Waals surface area (Å²) in [6.07, 6.45) is 8.85. The maximum Gasteiger partial charge on any atom is 0.302 e. The third-order valence-electron chi connectivity index (χ3n) is 7.65. The quantitative estimate of drug-likeness (QED) is 0.489. The highest BCUT2D eigenvalue weighted by molar-refractivity contribution is 5.66. The summed E-state index contributed by atoms with van der Waals surface area (Å²) in [5, 5.41) is 0. The fraction of sp³-hybridized carbons (Fsp3) is 0.667. The number of furan rings is 1. The number of carbonyl (C=O) groups excluding carboxylic acids is 2. The first-order chi connectivity index (χ1) is 13.7. The smallest absolute Gasteiger partial charge is 0.302 e. The van der Waals surface area contributed by atoms with Crippen LogP contribution >= 0.6 is 0 Å². The minimum Gasteiger partial charge on any atom is -0.472 e. The van der Waals surface area contributed by atoms with E-state index in [0.717, 1.165) is 44.1 Å². The maximum absolute atomic E-state index is 11.9. The molecule has 0 spiro atoms. The SMILES string of the molecule is C=C1CCC[C@H]2[C@@](CCc3ccoc3)(COC(C)=O)[C@@H](C)[C@H](OC(C)=O)C[C@]12C. The van der Waals surface area contributed by atoms with Crippen LogP contribution in [0.25, 0.3) is 0 Å². The fourth-order valence-electron chi connectivity index (χ4n) is 5.97. The van der Waals surface area contributed by atoms with E-state index in [0.29, 0.717) is 12.5 Å². The van der Waals surface area contributed by atoms with Crippen LogP contribution in [0.5, 0.6) is 0 Å². The minimum absolute atomic E-state index is 0.0710. The Morgan fingerprint density at radius 2 is 2.07 bits per heavy atom. The van der Waals surface area contributed by atoms with Gasteiger partial charge in [-0.05, 0) is 61.5 Å². The van der Waals surface area contributed by atoms with Crippen molar-refractivity contribution in [1.82, 2.24) is 0 Å². The maximum atomic E-state index is 11.9. The highest BCUT2D eigenvalue weighted by atomic mass is 16.5. The Kier molecular flexibility index (Phi) is 6.25. The van der Waals surface area contributed by atoms with Crippen molar-refractivity contribution in [2.45, 2.75) is 72.3 Å². The van der Waals surface area contributed by atoms with Gasteiger partial charge in [0.1, 0.15) is 6.10 Å². The second-order valence-corrected chi connectivity index (χ2v) is 9.25. The summed E-state index contributed by atoms with van der Waals surface area (Å²) in [5.41, 5.74) is 1.93. The predicted octanol–water partition coefficient (Wildman–Crippen LogP) is 5.10. The molecular weight excluding hydrogens is 368 g/mol. The molecule has 29 heavy (non-hydrogen) atoms. The monoisotopic (exact) mass is 402 g/mol. The van der Waals surface area contributed by atoms with E-state index in [1.807, 2.05) is 6.07 Å². The van der Waals surface area contributed by atoms with Gasteiger partial charge in [0.15, 0.2) is 0 Å². The first-order valence-electron chi connectivity index (χ1n) is 10.7. The Balaban J connectivity index is 2.03. The van der Waals surface area contributed by atoms with E-state index in [-0.39, 0.29) is 34.8 Å². The van der Waals surface area contributed by atoms with E-state index in [2.05, 4.69) is 20.4 Å². The number of allylic oxidation sites excluding steroid dienone is 1. The lowest BCUT2D eigenvalue weighted by atomic mass is 9.45. The lowest BCUT2D eigenvalue weighted by molar-refractivity contribution is -0.188. The average molecular weight is 403 g/mol. The minimum atomic E-state index is -0.292. The van der Waals surface area contributed by atoms with E-state index in [1.165, 1.54) is 19.4 Å². The van der Waals surface area contributed by atoms with Crippen LogP contribution in [0.15, 0.2) is 35.2 Å². The lowest BCUT2D eigenvalue weighted by Gasteiger charge is -2.61. The largest absolute Gasteiger partial charge is 0.472 e. The molecule has 0 amide bonds. The molecule has 2 saturated carbocycles. The summed E-state index contributed by atoms with van der Waals surface area (Å²) in [5.74, 6) is -0.140. The van der Waals surface area contributed by atoms with Crippen molar-refractivity contribution < 1.29 is 23.5 Å². The van der Waals surface area contributed by atoms with Crippen molar-refractivity contribution in [2.75, 3.05) is 6.61 Å². The number of aryl methyl sites for hydroxylation is 1. The predicted molar refractivity (Wildman–Crippen MR) is 110 cm³/mol. The molecule has 0 radical (unpaired) electrons. The normalized spacial score (nSPS) is 34.3. The molecule has 5 nitrogen and oxygen atoms in total. The molecule has 1 heterocycles. The molecule has 3 rings (SSSR count). The first kappa shape index (κ1) is 21.7. The van der Waals surface area contributed by atoms with Gasteiger partial charge in [0, 0.05) is 25.2 Å². The molecule has 5 atom stereocenters. The van der Waals surface area contributed by atoms with E-state index >= 15 is 0 Å². The van der Waals surface area contributed by atoms with Gasteiger partial charge < -0.3 is 13.9 Å². The van der Waals surface area contributed by atoms with E-state index in [1.54, 1.807) is 12.5 Å². The van der Waals surface area contributed by atoms with Crippen LogP contribution in [0.1, 0.15) is 65.4 Å².